The van der Waals surface area contributed by atoms with E-state index in [1.165, 1.54) is 12.3 Å². The first-order valence-corrected chi connectivity index (χ1v) is 3.96. The molecule has 1 aromatic heterocycles. The average Bonchev–Trinajstić information content (AvgIpc) is 2.07. The Morgan fingerprint density at radius 1 is 1.64 bits per heavy atom. The first-order chi connectivity index (χ1) is 6.50. The lowest BCUT2D eigenvalue weighted by atomic mass is 10.1. The molecule has 14 heavy (non-hydrogen) atoms. The van der Waals surface area contributed by atoms with Gasteiger partial charge in [0.2, 0.25) is 0 Å². The van der Waals surface area contributed by atoms with E-state index >= 15 is 0 Å². The van der Waals surface area contributed by atoms with Crippen molar-refractivity contribution in [2.75, 3.05) is 0 Å². The van der Waals surface area contributed by atoms with Crippen LogP contribution in [0.5, 0.6) is 0 Å². The summed E-state index contributed by atoms with van der Waals surface area (Å²) in [4.78, 5) is 14.0. The molecule has 0 fully saturated rings. The number of aryl methyl sites for hydroxylation is 1. The lowest BCUT2D eigenvalue weighted by Crippen LogP contribution is -2.06. The summed E-state index contributed by atoms with van der Waals surface area (Å²) >= 11 is 0. The Kier molecular flexibility index (Phi) is 3.11. The summed E-state index contributed by atoms with van der Waals surface area (Å²) in [6.07, 6.45) is -1.78. The van der Waals surface area contributed by atoms with E-state index in [0.29, 0.717) is 5.56 Å². The second-order valence-corrected chi connectivity index (χ2v) is 2.92. The number of hydrogen-bond acceptors (Lipinski definition) is 2. The number of carboxylic acids is 1. The van der Waals surface area contributed by atoms with Crippen molar-refractivity contribution in [3.8, 4) is 0 Å². The number of hydrogen-bond donors (Lipinski definition) is 1. The number of carboxylic acid groups (broad SMARTS) is 1. The van der Waals surface area contributed by atoms with Crippen LogP contribution in [0.25, 0.3) is 0 Å². The van der Waals surface area contributed by atoms with Crippen LogP contribution < -0.4 is 0 Å². The quantitative estimate of drug-likeness (QED) is 0.813. The molecule has 5 heteroatoms. The number of alkyl halides is 2. The van der Waals surface area contributed by atoms with Gasteiger partial charge in [-0.3, -0.25) is 9.78 Å². The zero-order valence-corrected chi connectivity index (χ0v) is 7.50. The molecule has 0 saturated carbocycles. The molecule has 0 aromatic carbocycles. The van der Waals surface area contributed by atoms with Gasteiger partial charge in [-0.05, 0) is 18.6 Å². The highest BCUT2D eigenvalue weighted by atomic mass is 19.3. The molecule has 0 atom stereocenters. The minimum atomic E-state index is -2.68. The Labute approximate surface area is 79.4 Å². The number of pyridine rings is 1. The molecule has 0 unspecified atom stereocenters. The normalized spacial score (nSPS) is 10.6. The van der Waals surface area contributed by atoms with Gasteiger partial charge >= 0.3 is 5.97 Å². The van der Waals surface area contributed by atoms with E-state index in [1.807, 2.05) is 0 Å². The van der Waals surface area contributed by atoms with Crippen LogP contribution in [-0.2, 0) is 11.2 Å². The fraction of sp³-hybridized carbons (Fsp3) is 0.333. The summed E-state index contributed by atoms with van der Waals surface area (Å²) in [6.45, 7) is 1.63. The molecule has 1 aromatic rings. The molecule has 3 nitrogen and oxygen atoms in total. The molecular formula is C9H9F2NO2. The zero-order valence-electron chi connectivity index (χ0n) is 7.50. The standard InChI is InChI=1S/C9H9F2NO2/c1-5-2-6(9(10)11)7(12-4-5)3-8(13)14/h2,4,9H,3H2,1H3,(H,13,14). The topological polar surface area (TPSA) is 50.2 Å². The Morgan fingerprint density at radius 3 is 2.79 bits per heavy atom. The van der Waals surface area contributed by atoms with Crippen molar-refractivity contribution in [3.05, 3.63) is 29.1 Å². The second kappa shape index (κ2) is 4.13. The number of halogens is 2. The van der Waals surface area contributed by atoms with Gasteiger partial charge in [-0.1, -0.05) is 0 Å². The molecule has 0 aliphatic heterocycles. The molecule has 0 spiro atoms. The van der Waals surface area contributed by atoms with E-state index in [1.54, 1.807) is 6.92 Å². The first kappa shape index (κ1) is 10.6. The Morgan fingerprint density at radius 2 is 2.29 bits per heavy atom. The maximum absolute atomic E-state index is 12.4. The minimum absolute atomic E-state index is 0.0712. The largest absolute Gasteiger partial charge is 0.481 e. The van der Waals surface area contributed by atoms with Crippen molar-refractivity contribution in [1.29, 1.82) is 0 Å². The Bertz CT molecular complexity index is 353. The highest BCUT2D eigenvalue weighted by Gasteiger charge is 2.16. The van der Waals surface area contributed by atoms with Gasteiger partial charge in [-0.25, -0.2) is 8.78 Å². The predicted molar refractivity (Wildman–Crippen MR) is 45.3 cm³/mol. The summed E-state index contributed by atoms with van der Waals surface area (Å²) < 4.78 is 24.9. The van der Waals surface area contributed by atoms with E-state index in [0.717, 1.165) is 0 Å². The number of aromatic nitrogens is 1. The van der Waals surface area contributed by atoms with E-state index in [2.05, 4.69) is 4.98 Å². The van der Waals surface area contributed by atoms with E-state index in [-0.39, 0.29) is 11.3 Å². The van der Waals surface area contributed by atoms with Crippen LogP contribution in [-0.4, -0.2) is 16.1 Å². The second-order valence-electron chi connectivity index (χ2n) is 2.92. The number of carbonyl (C=O) groups is 1. The van der Waals surface area contributed by atoms with Crippen molar-refractivity contribution in [3.63, 3.8) is 0 Å². The van der Waals surface area contributed by atoms with Crippen LogP contribution in [0.15, 0.2) is 12.3 Å². The van der Waals surface area contributed by atoms with Crippen molar-refractivity contribution < 1.29 is 18.7 Å². The van der Waals surface area contributed by atoms with Crippen LogP contribution in [0.3, 0.4) is 0 Å². The third-order valence-electron chi connectivity index (χ3n) is 1.69. The van der Waals surface area contributed by atoms with E-state index < -0.39 is 18.8 Å². The van der Waals surface area contributed by atoms with Crippen LogP contribution in [0.1, 0.15) is 23.2 Å². The fourth-order valence-electron chi connectivity index (χ4n) is 1.10. The number of rotatable bonds is 3. The first-order valence-electron chi connectivity index (χ1n) is 3.96. The lowest BCUT2D eigenvalue weighted by Gasteiger charge is -2.06. The SMILES string of the molecule is Cc1cnc(CC(=O)O)c(C(F)F)c1. The maximum atomic E-state index is 12.4. The molecule has 0 aliphatic rings. The third kappa shape index (κ3) is 2.48. The van der Waals surface area contributed by atoms with Crippen LogP contribution >= 0.6 is 0 Å². The fourth-order valence-corrected chi connectivity index (χ4v) is 1.10. The van der Waals surface area contributed by atoms with Gasteiger partial charge in [0.05, 0.1) is 12.1 Å². The molecule has 1 heterocycles. The maximum Gasteiger partial charge on any atom is 0.309 e. The van der Waals surface area contributed by atoms with Crippen molar-refractivity contribution in [2.45, 2.75) is 19.8 Å². The predicted octanol–water partition coefficient (Wildman–Crippen LogP) is 1.95. The Hall–Kier alpha value is -1.52. The van der Waals surface area contributed by atoms with Gasteiger partial charge < -0.3 is 5.11 Å². The van der Waals surface area contributed by atoms with Gasteiger partial charge in [-0.2, -0.15) is 0 Å². The van der Waals surface area contributed by atoms with Gasteiger partial charge in [0, 0.05) is 11.8 Å². The summed E-state index contributed by atoms with van der Waals surface area (Å²) in [7, 11) is 0. The summed E-state index contributed by atoms with van der Waals surface area (Å²) in [5.41, 5.74) is 0.222. The van der Waals surface area contributed by atoms with Gasteiger partial charge in [0.15, 0.2) is 0 Å². The van der Waals surface area contributed by atoms with Crippen LogP contribution in [0.2, 0.25) is 0 Å². The summed E-state index contributed by atoms with van der Waals surface area (Å²) in [6, 6.07) is 1.26. The van der Waals surface area contributed by atoms with E-state index in [9.17, 15) is 13.6 Å². The summed E-state index contributed by atoms with van der Waals surface area (Å²) in [5.74, 6) is -1.16. The van der Waals surface area contributed by atoms with Crippen LogP contribution in [0, 0.1) is 6.92 Å². The smallest absolute Gasteiger partial charge is 0.309 e. The number of nitrogens with zero attached hydrogens (tertiary/aromatic N) is 1. The third-order valence-corrected chi connectivity index (χ3v) is 1.69. The number of aliphatic carboxylic acids is 1. The molecule has 0 radical (unpaired) electrons. The zero-order chi connectivity index (χ0) is 10.7. The Balaban J connectivity index is 3.08. The lowest BCUT2D eigenvalue weighted by molar-refractivity contribution is -0.136. The highest BCUT2D eigenvalue weighted by molar-refractivity contribution is 5.70. The van der Waals surface area contributed by atoms with Crippen molar-refractivity contribution in [2.24, 2.45) is 0 Å². The van der Waals surface area contributed by atoms with Gasteiger partial charge in [0.1, 0.15) is 0 Å². The van der Waals surface area contributed by atoms with E-state index in [4.69, 9.17) is 5.11 Å². The van der Waals surface area contributed by atoms with Gasteiger partial charge in [-0.15, -0.1) is 0 Å². The van der Waals surface area contributed by atoms with Crippen LogP contribution in [0.4, 0.5) is 8.78 Å². The summed E-state index contributed by atoms with van der Waals surface area (Å²) in [5, 5.41) is 8.46. The molecule has 1 N–H and O–H groups in total. The monoisotopic (exact) mass is 201 g/mol. The molecule has 76 valence electrons. The molecule has 0 aliphatic carbocycles. The molecular weight excluding hydrogens is 192 g/mol. The van der Waals surface area contributed by atoms with Crippen molar-refractivity contribution >= 4 is 5.97 Å². The molecule has 0 saturated heterocycles. The highest BCUT2D eigenvalue weighted by Crippen LogP contribution is 2.22. The van der Waals surface area contributed by atoms with Gasteiger partial charge in [0.25, 0.3) is 6.43 Å². The average molecular weight is 201 g/mol. The minimum Gasteiger partial charge on any atom is -0.481 e. The molecule has 0 bridgehead atoms. The molecule has 0 amide bonds. The molecule has 1 rings (SSSR count). The van der Waals surface area contributed by atoms with Crippen molar-refractivity contribution in [1.82, 2.24) is 4.98 Å².